The summed E-state index contributed by atoms with van der Waals surface area (Å²) in [5, 5.41) is 20.3. The van der Waals surface area contributed by atoms with Crippen LogP contribution in [0.1, 0.15) is 45.6 Å². The molecule has 0 aliphatic carbocycles. The van der Waals surface area contributed by atoms with Crippen molar-refractivity contribution in [1.82, 2.24) is 24.9 Å². The number of anilines is 1. The zero-order valence-electron chi connectivity index (χ0n) is 14.8. The maximum Gasteiger partial charge on any atom is 0.358 e. The molecular weight excluding hydrogens is 356 g/mol. The minimum atomic E-state index is -1.09. The van der Waals surface area contributed by atoms with Gasteiger partial charge in [0.25, 0.3) is 5.91 Å². The fourth-order valence-corrected chi connectivity index (χ4v) is 4.12. The molecule has 2 N–H and O–H groups in total. The van der Waals surface area contributed by atoms with E-state index in [9.17, 15) is 9.59 Å². The number of carbonyl (C=O) groups is 2. The van der Waals surface area contributed by atoms with Gasteiger partial charge in [0.05, 0.1) is 11.9 Å². The Morgan fingerprint density at radius 1 is 1.46 bits per heavy atom. The molecule has 0 spiro atoms. The number of amides is 1. The van der Waals surface area contributed by atoms with Crippen molar-refractivity contribution in [3.05, 3.63) is 22.5 Å². The van der Waals surface area contributed by atoms with E-state index in [0.29, 0.717) is 18.0 Å². The highest BCUT2D eigenvalue weighted by atomic mass is 32.1. The number of thiazole rings is 1. The summed E-state index contributed by atoms with van der Waals surface area (Å²) in [5.74, 6) is -0.856. The molecule has 1 fully saturated rings. The van der Waals surface area contributed by atoms with Gasteiger partial charge in [0.1, 0.15) is 4.88 Å². The van der Waals surface area contributed by atoms with Crippen LogP contribution in [0, 0.1) is 12.8 Å². The molecule has 2 aromatic rings. The Labute approximate surface area is 155 Å². The summed E-state index contributed by atoms with van der Waals surface area (Å²) in [5.41, 5.74) is 0.686. The molecule has 0 radical (unpaired) electrons. The lowest BCUT2D eigenvalue weighted by molar-refractivity contribution is 0.0662. The zero-order chi connectivity index (χ0) is 18.7. The van der Waals surface area contributed by atoms with Crippen LogP contribution in [0.25, 0.3) is 0 Å². The minimum Gasteiger partial charge on any atom is -0.476 e. The third-order valence-electron chi connectivity index (χ3n) is 4.33. The van der Waals surface area contributed by atoms with E-state index in [0.717, 1.165) is 36.8 Å². The number of carboxylic acid groups (broad SMARTS) is 1. The molecule has 3 heterocycles. The molecule has 0 aromatic carbocycles. The molecule has 2 aromatic heterocycles. The minimum absolute atomic E-state index is 0.0127. The molecular formula is C16H22N6O3S. The SMILES string of the molecule is CCNc1nc(C)c(C(=O)N2CCCC(Cn3cc(C(=O)O)nn3)C2)s1. The van der Waals surface area contributed by atoms with Crippen molar-refractivity contribution in [2.45, 2.75) is 33.2 Å². The van der Waals surface area contributed by atoms with E-state index in [1.54, 1.807) is 4.68 Å². The van der Waals surface area contributed by atoms with Crippen molar-refractivity contribution in [3.63, 3.8) is 0 Å². The van der Waals surface area contributed by atoms with Gasteiger partial charge in [0.2, 0.25) is 0 Å². The monoisotopic (exact) mass is 378 g/mol. The van der Waals surface area contributed by atoms with E-state index < -0.39 is 5.97 Å². The number of carbonyl (C=O) groups excluding carboxylic acids is 1. The van der Waals surface area contributed by atoms with Gasteiger partial charge in [-0.15, -0.1) is 5.10 Å². The van der Waals surface area contributed by atoms with E-state index in [2.05, 4.69) is 20.6 Å². The fraction of sp³-hybridized carbons (Fsp3) is 0.562. The number of hydrogen-bond acceptors (Lipinski definition) is 7. The Hall–Kier alpha value is -2.49. The highest BCUT2D eigenvalue weighted by Gasteiger charge is 2.27. The Morgan fingerprint density at radius 3 is 2.96 bits per heavy atom. The first-order valence-corrected chi connectivity index (χ1v) is 9.43. The van der Waals surface area contributed by atoms with Crippen LogP contribution in [0.4, 0.5) is 5.13 Å². The van der Waals surface area contributed by atoms with E-state index in [4.69, 9.17) is 5.11 Å². The smallest absolute Gasteiger partial charge is 0.358 e. The average molecular weight is 378 g/mol. The van der Waals surface area contributed by atoms with Crippen molar-refractivity contribution in [2.75, 3.05) is 25.0 Å². The first kappa shape index (κ1) is 18.3. The third-order valence-corrected chi connectivity index (χ3v) is 5.43. The van der Waals surface area contributed by atoms with Crippen LogP contribution < -0.4 is 5.32 Å². The number of carboxylic acids is 1. The molecule has 1 aliphatic heterocycles. The second-order valence-electron chi connectivity index (χ2n) is 6.35. The normalized spacial score (nSPS) is 17.3. The number of aromatic nitrogens is 4. The van der Waals surface area contributed by atoms with Crippen LogP contribution in [0.3, 0.4) is 0 Å². The van der Waals surface area contributed by atoms with Gasteiger partial charge in [-0.25, -0.2) is 9.78 Å². The topological polar surface area (TPSA) is 113 Å². The number of piperidine rings is 1. The van der Waals surface area contributed by atoms with Crippen molar-refractivity contribution >= 4 is 28.3 Å². The maximum absolute atomic E-state index is 12.9. The average Bonchev–Trinajstić information content (AvgIpc) is 3.22. The molecule has 1 atom stereocenters. The van der Waals surface area contributed by atoms with Crippen LogP contribution in [-0.2, 0) is 6.54 Å². The van der Waals surface area contributed by atoms with Crippen molar-refractivity contribution in [1.29, 1.82) is 0 Å². The number of nitrogens with zero attached hydrogens (tertiary/aromatic N) is 5. The molecule has 1 aliphatic rings. The summed E-state index contributed by atoms with van der Waals surface area (Å²) in [4.78, 5) is 30.7. The van der Waals surface area contributed by atoms with Crippen molar-refractivity contribution < 1.29 is 14.7 Å². The third kappa shape index (κ3) is 4.01. The molecule has 26 heavy (non-hydrogen) atoms. The molecule has 1 amide bonds. The number of nitrogens with one attached hydrogen (secondary N) is 1. The first-order valence-electron chi connectivity index (χ1n) is 8.62. The van der Waals surface area contributed by atoms with Gasteiger partial charge in [-0.2, -0.15) is 0 Å². The lowest BCUT2D eigenvalue weighted by atomic mass is 9.98. The van der Waals surface area contributed by atoms with E-state index in [1.165, 1.54) is 17.5 Å². The summed E-state index contributed by atoms with van der Waals surface area (Å²) >= 11 is 1.39. The maximum atomic E-state index is 12.9. The molecule has 10 heteroatoms. The quantitative estimate of drug-likeness (QED) is 0.787. The summed E-state index contributed by atoms with van der Waals surface area (Å²) in [7, 11) is 0. The number of likely N-dealkylation sites (tertiary alicyclic amines) is 1. The molecule has 3 rings (SSSR count). The molecule has 1 saturated heterocycles. The van der Waals surface area contributed by atoms with Crippen LogP contribution >= 0.6 is 11.3 Å². The van der Waals surface area contributed by atoms with Gasteiger partial charge in [0.15, 0.2) is 10.8 Å². The predicted molar refractivity (Wildman–Crippen MR) is 96.6 cm³/mol. The summed E-state index contributed by atoms with van der Waals surface area (Å²) in [6, 6.07) is 0. The zero-order valence-corrected chi connectivity index (χ0v) is 15.6. The van der Waals surface area contributed by atoms with Crippen LogP contribution in [0.15, 0.2) is 6.20 Å². The molecule has 0 saturated carbocycles. The van der Waals surface area contributed by atoms with Crippen LogP contribution in [-0.4, -0.2) is 61.5 Å². The van der Waals surface area contributed by atoms with E-state index in [1.807, 2.05) is 18.7 Å². The Balaban J connectivity index is 1.65. The predicted octanol–water partition coefficient (Wildman–Crippen LogP) is 1.73. The lowest BCUT2D eigenvalue weighted by Gasteiger charge is -2.32. The van der Waals surface area contributed by atoms with Crippen molar-refractivity contribution in [2.24, 2.45) is 5.92 Å². The molecule has 1 unspecified atom stereocenters. The van der Waals surface area contributed by atoms with Gasteiger partial charge in [-0.05, 0) is 32.6 Å². The Kier molecular flexibility index (Phi) is 5.50. The summed E-state index contributed by atoms with van der Waals surface area (Å²) in [6.45, 7) is 6.51. The highest BCUT2D eigenvalue weighted by Crippen LogP contribution is 2.26. The van der Waals surface area contributed by atoms with Gasteiger partial charge in [0, 0.05) is 26.2 Å². The molecule has 9 nitrogen and oxygen atoms in total. The first-order chi connectivity index (χ1) is 12.5. The molecule has 0 bridgehead atoms. The lowest BCUT2D eigenvalue weighted by Crippen LogP contribution is -2.41. The standard InChI is InChI=1S/C16H22N6O3S/c1-3-17-16-18-10(2)13(26-16)14(23)21-6-4-5-11(7-21)8-22-9-12(15(24)25)19-20-22/h9,11H,3-8H2,1-2H3,(H,17,18)(H,24,25). The summed E-state index contributed by atoms with van der Waals surface area (Å²) in [6.07, 6.45) is 3.31. The van der Waals surface area contributed by atoms with Crippen LogP contribution in [0.5, 0.6) is 0 Å². The number of aromatic carboxylic acids is 1. The van der Waals surface area contributed by atoms with Crippen molar-refractivity contribution in [3.8, 4) is 0 Å². The second-order valence-corrected chi connectivity index (χ2v) is 7.35. The number of rotatable bonds is 6. The van der Waals surface area contributed by atoms with Gasteiger partial charge in [-0.1, -0.05) is 16.6 Å². The van der Waals surface area contributed by atoms with E-state index in [-0.39, 0.29) is 17.5 Å². The Morgan fingerprint density at radius 2 is 2.27 bits per heavy atom. The van der Waals surface area contributed by atoms with Gasteiger partial charge >= 0.3 is 5.97 Å². The number of hydrogen-bond donors (Lipinski definition) is 2. The highest BCUT2D eigenvalue weighted by molar-refractivity contribution is 7.17. The number of aryl methyl sites for hydroxylation is 1. The molecule has 140 valence electrons. The van der Waals surface area contributed by atoms with Gasteiger partial charge in [-0.3, -0.25) is 9.48 Å². The fourth-order valence-electron chi connectivity index (χ4n) is 3.11. The summed E-state index contributed by atoms with van der Waals surface area (Å²) < 4.78 is 1.54. The second kappa shape index (κ2) is 7.81. The van der Waals surface area contributed by atoms with Gasteiger partial charge < -0.3 is 15.3 Å². The Bertz CT molecular complexity index is 802. The van der Waals surface area contributed by atoms with E-state index >= 15 is 0 Å². The largest absolute Gasteiger partial charge is 0.476 e. The van der Waals surface area contributed by atoms with Crippen LogP contribution in [0.2, 0.25) is 0 Å².